The predicted octanol–water partition coefficient (Wildman–Crippen LogP) is 5.74. The van der Waals surface area contributed by atoms with Crippen molar-refractivity contribution < 1.29 is 28.9 Å². The Morgan fingerprint density at radius 1 is 0.892 bits per heavy atom. The molecule has 1 aliphatic rings. The van der Waals surface area contributed by atoms with E-state index in [1.807, 2.05) is 33.8 Å². The second-order valence-electron chi connectivity index (χ2n) is 8.76. The van der Waals surface area contributed by atoms with Gasteiger partial charge in [-0.2, -0.15) is 0 Å². The Kier molecular flexibility index (Phi) is 7.53. The summed E-state index contributed by atoms with van der Waals surface area (Å²) in [5.74, 6) is -0.0183. The molecular formula is C30H31NO6. The van der Waals surface area contributed by atoms with E-state index in [9.17, 15) is 14.7 Å². The van der Waals surface area contributed by atoms with Crippen LogP contribution in [0.25, 0.3) is 5.76 Å². The first-order chi connectivity index (χ1) is 17.8. The lowest BCUT2D eigenvalue weighted by Gasteiger charge is -2.26. The fourth-order valence-corrected chi connectivity index (χ4v) is 4.74. The smallest absolute Gasteiger partial charge is 0.300 e. The van der Waals surface area contributed by atoms with Crippen molar-refractivity contribution in [1.82, 2.24) is 0 Å². The van der Waals surface area contributed by atoms with Crippen LogP contribution in [0.3, 0.4) is 0 Å². The van der Waals surface area contributed by atoms with Gasteiger partial charge in [-0.15, -0.1) is 0 Å². The zero-order valence-corrected chi connectivity index (χ0v) is 21.7. The van der Waals surface area contributed by atoms with Crippen molar-refractivity contribution in [3.63, 3.8) is 0 Å². The zero-order valence-electron chi connectivity index (χ0n) is 21.7. The number of carbonyl (C=O) groups is 2. The molecule has 0 saturated carbocycles. The van der Waals surface area contributed by atoms with Crippen LogP contribution in [0.5, 0.6) is 17.2 Å². The fourth-order valence-electron chi connectivity index (χ4n) is 4.74. The molecule has 1 fully saturated rings. The predicted molar refractivity (Wildman–Crippen MR) is 142 cm³/mol. The largest absolute Gasteiger partial charge is 0.507 e. The van der Waals surface area contributed by atoms with Crippen LogP contribution < -0.4 is 19.1 Å². The lowest BCUT2D eigenvalue weighted by Crippen LogP contribution is -2.29. The van der Waals surface area contributed by atoms with Gasteiger partial charge in [0.2, 0.25) is 0 Å². The number of hydrogen-bond donors (Lipinski definition) is 1. The van der Waals surface area contributed by atoms with Crippen molar-refractivity contribution in [2.45, 2.75) is 33.7 Å². The van der Waals surface area contributed by atoms with Gasteiger partial charge in [0.05, 0.1) is 37.5 Å². The standard InChI is InChI=1S/C30H31NO6/c1-6-36-22-12-8-20(9-13-22)26-25(27(32)24-17-18(3)16-19(4)29(24)35-5)28(33)30(34)31(26)21-10-14-23(15-11-21)37-7-2/h8-17,26,32H,6-7H2,1-5H3/b27-25+. The maximum absolute atomic E-state index is 13.5. The molecule has 7 heteroatoms. The number of aliphatic hydroxyl groups is 1. The molecule has 1 N–H and O–H groups in total. The minimum atomic E-state index is -0.862. The van der Waals surface area contributed by atoms with Gasteiger partial charge >= 0.3 is 0 Å². The van der Waals surface area contributed by atoms with Crippen LogP contribution in [-0.2, 0) is 9.59 Å². The molecule has 0 aromatic heterocycles. The van der Waals surface area contributed by atoms with Crippen molar-refractivity contribution in [3.8, 4) is 17.2 Å². The molecule has 1 heterocycles. The van der Waals surface area contributed by atoms with E-state index in [0.29, 0.717) is 47.3 Å². The zero-order chi connectivity index (χ0) is 26.7. The third-order valence-corrected chi connectivity index (χ3v) is 6.26. The third kappa shape index (κ3) is 4.89. The Hall–Kier alpha value is -4.26. The van der Waals surface area contributed by atoms with Gasteiger partial charge in [-0.05, 0) is 86.8 Å². The number of rotatable bonds is 8. The molecule has 37 heavy (non-hydrogen) atoms. The molecule has 0 aliphatic carbocycles. The topological polar surface area (TPSA) is 85.3 Å². The summed E-state index contributed by atoms with van der Waals surface area (Å²) in [5, 5.41) is 11.6. The van der Waals surface area contributed by atoms with Gasteiger partial charge in [0.1, 0.15) is 23.0 Å². The molecule has 0 spiro atoms. The van der Waals surface area contributed by atoms with Gasteiger partial charge in [-0.1, -0.05) is 18.2 Å². The first kappa shape index (κ1) is 25.8. The summed E-state index contributed by atoms with van der Waals surface area (Å²) >= 11 is 0. The van der Waals surface area contributed by atoms with E-state index in [-0.39, 0.29) is 11.3 Å². The normalized spacial score (nSPS) is 16.7. The van der Waals surface area contributed by atoms with Crippen molar-refractivity contribution in [1.29, 1.82) is 0 Å². The van der Waals surface area contributed by atoms with E-state index in [2.05, 4.69) is 0 Å². The SMILES string of the molecule is CCOc1ccc(C2/C(=C(\O)c3cc(C)cc(C)c3OC)C(=O)C(=O)N2c2ccc(OCC)cc2)cc1. The molecule has 1 atom stereocenters. The Morgan fingerprint density at radius 3 is 2.00 bits per heavy atom. The highest BCUT2D eigenvalue weighted by atomic mass is 16.5. The Labute approximate surface area is 216 Å². The maximum Gasteiger partial charge on any atom is 0.300 e. The second-order valence-corrected chi connectivity index (χ2v) is 8.76. The molecule has 192 valence electrons. The summed E-state index contributed by atoms with van der Waals surface area (Å²) in [5.41, 5.74) is 3.21. The summed E-state index contributed by atoms with van der Waals surface area (Å²) in [6.07, 6.45) is 0. The van der Waals surface area contributed by atoms with Crippen molar-refractivity contribution >= 4 is 23.1 Å². The summed E-state index contributed by atoms with van der Waals surface area (Å²) in [6.45, 7) is 8.56. The van der Waals surface area contributed by atoms with Gasteiger partial charge in [-0.3, -0.25) is 14.5 Å². The number of ketones is 1. The lowest BCUT2D eigenvalue weighted by atomic mass is 9.93. The number of nitrogens with zero attached hydrogens (tertiary/aromatic N) is 1. The van der Waals surface area contributed by atoms with E-state index >= 15 is 0 Å². The van der Waals surface area contributed by atoms with Gasteiger partial charge in [0.25, 0.3) is 11.7 Å². The summed E-state index contributed by atoms with van der Waals surface area (Å²) < 4.78 is 16.7. The monoisotopic (exact) mass is 501 g/mol. The quantitative estimate of drug-likeness (QED) is 0.241. The second kappa shape index (κ2) is 10.8. The van der Waals surface area contributed by atoms with E-state index in [1.165, 1.54) is 12.0 Å². The fraction of sp³-hybridized carbons (Fsp3) is 0.267. The molecule has 1 unspecified atom stereocenters. The van der Waals surface area contributed by atoms with E-state index in [4.69, 9.17) is 14.2 Å². The minimum Gasteiger partial charge on any atom is -0.507 e. The molecule has 4 rings (SSSR count). The number of amides is 1. The van der Waals surface area contributed by atoms with E-state index < -0.39 is 17.7 Å². The Bertz CT molecular complexity index is 1340. The number of carbonyl (C=O) groups excluding carboxylic acids is 2. The summed E-state index contributed by atoms with van der Waals surface area (Å²) in [4.78, 5) is 28.4. The number of benzene rings is 3. The average Bonchev–Trinajstić information content (AvgIpc) is 3.15. The van der Waals surface area contributed by atoms with Crippen molar-refractivity contribution in [2.75, 3.05) is 25.2 Å². The number of methoxy groups -OCH3 is 1. The maximum atomic E-state index is 13.5. The Morgan fingerprint density at radius 2 is 1.46 bits per heavy atom. The van der Waals surface area contributed by atoms with Crippen LogP contribution in [0.4, 0.5) is 5.69 Å². The molecule has 3 aromatic carbocycles. The van der Waals surface area contributed by atoms with Crippen LogP contribution in [0.2, 0.25) is 0 Å². The number of anilines is 1. The highest BCUT2D eigenvalue weighted by molar-refractivity contribution is 6.51. The molecule has 1 aliphatic heterocycles. The highest BCUT2D eigenvalue weighted by Gasteiger charge is 2.47. The number of aryl methyl sites for hydroxylation is 2. The van der Waals surface area contributed by atoms with Crippen LogP contribution in [-0.4, -0.2) is 37.1 Å². The van der Waals surface area contributed by atoms with E-state index in [1.54, 1.807) is 54.6 Å². The highest BCUT2D eigenvalue weighted by Crippen LogP contribution is 2.44. The number of ether oxygens (including phenoxy) is 3. The number of hydrogen-bond acceptors (Lipinski definition) is 6. The molecule has 3 aromatic rings. The van der Waals surface area contributed by atoms with Gasteiger partial charge in [0, 0.05) is 5.69 Å². The van der Waals surface area contributed by atoms with Gasteiger partial charge < -0.3 is 19.3 Å². The lowest BCUT2D eigenvalue weighted by molar-refractivity contribution is -0.132. The van der Waals surface area contributed by atoms with Gasteiger partial charge in [0.15, 0.2) is 0 Å². The molecule has 0 radical (unpaired) electrons. The first-order valence-corrected chi connectivity index (χ1v) is 12.2. The van der Waals surface area contributed by atoms with Crippen LogP contribution >= 0.6 is 0 Å². The van der Waals surface area contributed by atoms with Gasteiger partial charge in [-0.25, -0.2) is 0 Å². The number of Topliss-reactive ketones (excluding diaryl/α,β-unsaturated/α-hetero) is 1. The van der Waals surface area contributed by atoms with Crippen molar-refractivity contribution in [2.24, 2.45) is 0 Å². The Balaban J connectivity index is 1.93. The third-order valence-electron chi connectivity index (χ3n) is 6.26. The molecule has 1 amide bonds. The van der Waals surface area contributed by atoms with Crippen LogP contribution in [0.1, 0.15) is 42.1 Å². The molecule has 7 nitrogen and oxygen atoms in total. The van der Waals surface area contributed by atoms with Crippen LogP contribution in [0.15, 0.2) is 66.2 Å². The average molecular weight is 502 g/mol. The van der Waals surface area contributed by atoms with Crippen LogP contribution in [0, 0.1) is 13.8 Å². The summed E-state index contributed by atoms with van der Waals surface area (Å²) in [7, 11) is 1.51. The minimum absolute atomic E-state index is 0.00801. The molecular weight excluding hydrogens is 470 g/mol. The van der Waals surface area contributed by atoms with E-state index in [0.717, 1.165) is 11.1 Å². The number of aliphatic hydroxyl groups excluding tert-OH is 1. The first-order valence-electron chi connectivity index (χ1n) is 12.2. The molecule has 1 saturated heterocycles. The molecule has 0 bridgehead atoms. The summed E-state index contributed by atoms with van der Waals surface area (Å²) in [6, 6.07) is 17.0. The van der Waals surface area contributed by atoms with Crippen molar-refractivity contribution in [3.05, 3.63) is 88.5 Å².